The molecule has 96 valence electrons. The maximum Gasteiger partial charge on any atom is 0.00966 e. The summed E-state index contributed by atoms with van der Waals surface area (Å²) < 4.78 is 0. The molecule has 0 aliphatic heterocycles. The zero-order valence-corrected chi connectivity index (χ0v) is 12.0. The zero-order chi connectivity index (χ0) is 12.2. The van der Waals surface area contributed by atoms with Gasteiger partial charge in [0.15, 0.2) is 0 Å². The molecular formula is C15H31N. The zero-order valence-electron chi connectivity index (χ0n) is 12.0. The van der Waals surface area contributed by atoms with Gasteiger partial charge in [0.25, 0.3) is 0 Å². The SMILES string of the molecule is CC(CNC(C)(C)C)C(C)CC1CCCC1. The van der Waals surface area contributed by atoms with Crippen molar-refractivity contribution in [2.24, 2.45) is 17.8 Å². The monoisotopic (exact) mass is 225 g/mol. The number of hydrogen-bond acceptors (Lipinski definition) is 1. The third kappa shape index (κ3) is 5.34. The van der Waals surface area contributed by atoms with Crippen molar-refractivity contribution in [2.45, 2.75) is 72.3 Å². The fourth-order valence-corrected chi connectivity index (χ4v) is 2.67. The molecule has 0 saturated heterocycles. The highest BCUT2D eigenvalue weighted by Crippen LogP contribution is 2.32. The highest BCUT2D eigenvalue weighted by Gasteiger charge is 2.21. The van der Waals surface area contributed by atoms with Crippen LogP contribution in [0.5, 0.6) is 0 Å². The van der Waals surface area contributed by atoms with E-state index in [9.17, 15) is 0 Å². The molecule has 0 radical (unpaired) electrons. The van der Waals surface area contributed by atoms with Crippen molar-refractivity contribution in [3.8, 4) is 0 Å². The van der Waals surface area contributed by atoms with Gasteiger partial charge < -0.3 is 5.32 Å². The van der Waals surface area contributed by atoms with Gasteiger partial charge in [-0.05, 0) is 51.5 Å². The Kier molecular flexibility index (Phi) is 5.30. The molecule has 16 heavy (non-hydrogen) atoms. The molecule has 1 aliphatic rings. The molecule has 1 N–H and O–H groups in total. The highest BCUT2D eigenvalue weighted by molar-refractivity contribution is 4.76. The second-order valence-corrected chi connectivity index (χ2v) is 6.97. The molecule has 0 aromatic carbocycles. The van der Waals surface area contributed by atoms with Gasteiger partial charge in [0.1, 0.15) is 0 Å². The predicted octanol–water partition coefficient (Wildman–Crippen LogP) is 4.23. The molecule has 1 heteroatoms. The summed E-state index contributed by atoms with van der Waals surface area (Å²) in [6.45, 7) is 12.8. The molecule has 0 amide bonds. The van der Waals surface area contributed by atoms with Gasteiger partial charge in [-0.25, -0.2) is 0 Å². The van der Waals surface area contributed by atoms with Gasteiger partial charge in [-0.1, -0.05) is 39.5 Å². The van der Waals surface area contributed by atoms with E-state index in [0.717, 1.165) is 24.3 Å². The quantitative estimate of drug-likeness (QED) is 0.738. The molecule has 0 bridgehead atoms. The van der Waals surface area contributed by atoms with Crippen LogP contribution in [0.4, 0.5) is 0 Å². The first-order valence-corrected chi connectivity index (χ1v) is 7.13. The van der Waals surface area contributed by atoms with Gasteiger partial charge in [0.2, 0.25) is 0 Å². The molecule has 0 spiro atoms. The fraction of sp³-hybridized carbons (Fsp3) is 1.00. The Morgan fingerprint density at radius 3 is 2.12 bits per heavy atom. The topological polar surface area (TPSA) is 12.0 Å². The average Bonchev–Trinajstić information content (AvgIpc) is 2.65. The second kappa shape index (κ2) is 6.05. The Hall–Kier alpha value is -0.0400. The van der Waals surface area contributed by atoms with Gasteiger partial charge in [-0.3, -0.25) is 0 Å². The third-order valence-electron chi connectivity index (χ3n) is 4.11. The molecule has 0 heterocycles. The summed E-state index contributed by atoms with van der Waals surface area (Å²) >= 11 is 0. The van der Waals surface area contributed by atoms with Crippen LogP contribution in [0.3, 0.4) is 0 Å². The second-order valence-electron chi connectivity index (χ2n) is 6.97. The highest BCUT2D eigenvalue weighted by atomic mass is 14.9. The normalized spacial score (nSPS) is 22.3. The maximum atomic E-state index is 3.63. The first kappa shape index (κ1) is 14.0. The Morgan fingerprint density at radius 1 is 1.06 bits per heavy atom. The van der Waals surface area contributed by atoms with Gasteiger partial charge in [0, 0.05) is 5.54 Å². The minimum absolute atomic E-state index is 0.265. The summed E-state index contributed by atoms with van der Waals surface area (Å²) in [6, 6.07) is 0. The molecule has 2 atom stereocenters. The first-order chi connectivity index (χ1) is 7.38. The molecule has 1 fully saturated rings. The van der Waals surface area contributed by atoms with E-state index in [-0.39, 0.29) is 5.54 Å². The van der Waals surface area contributed by atoms with Crippen molar-refractivity contribution < 1.29 is 0 Å². The van der Waals surface area contributed by atoms with Gasteiger partial charge in [0.05, 0.1) is 0 Å². The van der Waals surface area contributed by atoms with Crippen LogP contribution in [0.15, 0.2) is 0 Å². The summed E-state index contributed by atoms with van der Waals surface area (Å²) in [4.78, 5) is 0. The Morgan fingerprint density at radius 2 is 1.62 bits per heavy atom. The van der Waals surface area contributed by atoms with E-state index in [4.69, 9.17) is 0 Å². The van der Waals surface area contributed by atoms with Crippen LogP contribution in [0.1, 0.15) is 66.7 Å². The van der Waals surface area contributed by atoms with E-state index in [0.29, 0.717) is 0 Å². The lowest BCUT2D eigenvalue weighted by molar-refractivity contribution is 0.274. The lowest BCUT2D eigenvalue weighted by Gasteiger charge is -2.28. The molecule has 1 nitrogen and oxygen atoms in total. The molecule has 1 saturated carbocycles. The summed E-state index contributed by atoms with van der Waals surface area (Å²) in [7, 11) is 0. The van der Waals surface area contributed by atoms with Crippen molar-refractivity contribution in [1.82, 2.24) is 5.32 Å². The van der Waals surface area contributed by atoms with Crippen LogP contribution in [-0.4, -0.2) is 12.1 Å². The molecular weight excluding hydrogens is 194 g/mol. The van der Waals surface area contributed by atoms with Crippen LogP contribution in [0.2, 0.25) is 0 Å². The summed E-state index contributed by atoms with van der Waals surface area (Å²) in [5.74, 6) is 2.71. The molecule has 2 unspecified atom stereocenters. The molecule has 1 aliphatic carbocycles. The summed E-state index contributed by atoms with van der Waals surface area (Å²) in [5, 5.41) is 3.63. The van der Waals surface area contributed by atoms with Crippen LogP contribution < -0.4 is 5.32 Å². The van der Waals surface area contributed by atoms with Gasteiger partial charge in [-0.2, -0.15) is 0 Å². The lowest BCUT2D eigenvalue weighted by Crippen LogP contribution is -2.39. The Bertz CT molecular complexity index is 186. The minimum atomic E-state index is 0.265. The van der Waals surface area contributed by atoms with Crippen molar-refractivity contribution in [1.29, 1.82) is 0 Å². The summed E-state index contributed by atoms with van der Waals surface area (Å²) in [5.41, 5.74) is 0.265. The van der Waals surface area contributed by atoms with Crippen molar-refractivity contribution in [3.05, 3.63) is 0 Å². The summed E-state index contributed by atoms with van der Waals surface area (Å²) in [6.07, 6.45) is 7.39. The van der Waals surface area contributed by atoms with Crippen LogP contribution >= 0.6 is 0 Å². The van der Waals surface area contributed by atoms with Crippen LogP contribution in [-0.2, 0) is 0 Å². The Balaban J connectivity index is 2.21. The molecule has 0 aromatic rings. The smallest absolute Gasteiger partial charge is 0.00966 e. The third-order valence-corrected chi connectivity index (χ3v) is 4.11. The van der Waals surface area contributed by atoms with E-state index in [1.165, 1.54) is 32.1 Å². The van der Waals surface area contributed by atoms with Gasteiger partial charge in [-0.15, -0.1) is 0 Å². The van der Waals surface area contributed by atoms with Crippen LogP contribution in [0, 0.1) is 17.8 Å². The lowest BCUT2D eigenvalue weighted by atomic mass is 9.85. The fourth-order valence-electron chi connectivity index (χ4n) is 2.67. The van der Waals surface area contributed by atoms with Gasteiger partial charge >= 0.3 is 0 Å². The average molecular weight is 225 g/mol. The van der Waals surface area contributed by atoms with E-state index >= 15 is 0 Å². The van der Waals surface area contributed by atoms with Crippen molar-refractivity contribution in [2.75, 3.05) is 6.54 Å². The largest absolute Gasteiger partial charge is 0.312 e. The van der Waals surface area contributed by atoms with E-state index < -0.39 is 0 Å². The van der Waals surface area contributed by atoms with Crippen LogP contribution in [0.25, 0.3) is 0 Å². The van der Waals surface area contributed by atoms with Crippen molar-refractivity contribution >= 4 is 0 Å². The minimum Gasteiger partial charge on any atom is -0.312 e. The maximum absolute atomic E-state index is 3.63. The first-order valence-electron chi connectivity index (χ1n) is 7.13. The Labute approximate surface area is 102 Å². The molecule has 1 rings (SSSR count). The standard InChI is InChI=1S/C15H31N/c1-12(10-14-8-6-7-9-14)13(2)11-16-15(3,4)5/h12-14,16H,6-11H2,1-5H3. The van der Waals surface area contributed by atoms with Crippen molar-refractivity contribution in [3.63, 3.8) is 0 Å². The number of hydrogen-bond donors (Lipinski definition) is 1. The van der Waals surface area contributed by atoms with E-state index in [2.05, 4.69) is 39.9 Å². The molecule has 0 aromatic heterocycles. The van der Waals surface area contributed by atoms with E-state index in [1.807, 2.05) is 0 Å². The number of nitrogens with one attached hydrogen (secondary N) is 1. The number of rotatable bonds is 5. The van der Waals surface area contributed by atoms with E-state index in [1.54, 1.807) is 0 Å². The predicted molar refractivity (Wildman–Crippen MR) is 72.7 cm³/mol.